The first-order valence-electron chi connectivity index (χ1n) is 4.36. The van der Waals surface area contributed by atoms with Crippen LogP contribution in [0.15, 0.2) is 36.4 Å². The van der Waals surface area contributed by atoms with Gasteiger partial charge in [-0.2, -0.15) is 0 Å². The van der Waals surface area contributed by atoms with Crippen LogP contribution in [0.2, 0.25) is 0 Å². The van der Waals surface area contributed by atoms with E-state index >= 15 is 0 Å². The number of nitrogens with two attached hydrogens (primary N) is 1. The molecule has 0 aliphatic rings. The van der Waals surface area contributed by atoms with Gasteiger partial charge in [0.1, 0.15) is 4.88 Å². The third kappa shape index (κ3) is 2.65. The van der Waals surface area contributed by atoms with Crippen LogP contribution in [0.1, 0.15) is 9.67 Å². The maximum atomic E-state index is 10.8. The molecule has 77 valence electrons. The van der Waals surface area contributed by atoms with Gasteiger partial charge in [-0.3, -0.25) is 0 Å². The van der Waals surface area contributed by atoms with Crippen LogP contribution in [0.3, 0.4) is 0 Å². The van der Waals surface area contributed by atoms with E-state index in [4.69, 9.17) is 10.8 Å². The number of benzene rings is 1. The molecule has 0 fully saturated rings. The molecule has 3 nitrogen and oxygen atoms in total. The number of thiophene rings is 1. The Morgan fingerprint density at radius 3 is 2.38 bits per heavy atom. The number of aromatic carboxylic acids is 1. The summed E-state index contributed by atoms with van der Waals surface area (Å²) < 4.78 is 0. The molecular formula is C11H9NNaO2S. The van der Waals surface area contributed by atoms with E-state index in [1.165, 1.54) is 11.3 Å². The molecule has 0 aliphatic heterocycles. The SMILES string of the molecule is Nc1cc(-c2ccccc2)sc1C(=O)O.[Na]. The van der Waals surface area contributed by atoms with E-state index < -0.39 is 5.97 Å². The van der Waals surface area contributed by atoms with E-state index in [-0.39, 0.29) is 34.4 Å². The van der Waals surface area contributed by atoms with Crippen molar-refractivity contribution in [3.8, 4) is 10.4 Å². The normalized spacial score (nSPS) is 9.50. The van der Waals surface area contributed by atoms with E-state index in [2.05, 4.69) is 0 Å². The minimum atomic E-state index is -0.973. The minimum absolute atomic E-state index is 0. The fourth-order valence-corrected chi connectivity index (χ4v) is 2.24. The Hall–Kier alpha value is -0.810. The van der Waals surface area contributed by atoms with E-state index in [9.17, 15) is 4.79 Å². The third-order valence-corrected chi connectivity index (χ3v) is 3.20. The fraction of sp³-hybridized carbons (Fsp3) is 0. The Morgan fingerprint density at radius 2 is 1.88 bits per heavy atom. The zero-order chi connectivity index (χ0) is 10.8. The number of carboxylic acids is 1. The quantitative estimate of drug-likeness (QED) is 0.794. The van der Waals surface area contributed by atoms with Crippen LogP contribution in [0.4, 0.5) is 5.69 Å². The van der Waals surface area contributed by atoms with Crippen LogP contribution in [0.5, 0.6) is 0 Å². The van der Waals surface area contributed by atoms with Crippen LogP contribution >= 0.6 is 11.3 Å². The number of hydrogen-bond acceptors (Lipinski definition) is 3. The van der Waals surface area contributed by atoms with Crippen LogP contribution < -0.4 is 5.73 Å². The van der Waals surface area contributed by atoms with Crippen LogP contribution in [0.25, 0.3) is 10.4 Å². The van der Waals surface area contributed by atoms with Crippen molar-refractivity contribution < 1.29 is 9.90 Å². The molecule has 1 aromatic heterocycles. The summed E-state index contributed by atoms with van der Waals surface area (Å²) in [6, 6.07) is 11.3. The summed E-state index contributed by atoms with van der Waals surface area (Å²) in [5.41, 5.74) is 6.92. The van der Waals surface area contributed by atoms with Crippen molar-refractivity contribution in [1.82, 2.24) is 0 Å². The van der Waals surface area contributed by atoms with Gasteiger partial charge < -0.3 is 10.8 Å². The molecule has 0 unspecified atom stereocenters. The van der Waals surface area contributed by atoms with E-state index in [0.717, 1.165) is 10.4 Å². The van der Waals surface area contributed by atoms with Crippen molar-refractivity contribution in [3.63, 3.8) is 0 Å². The van der Waals surface area contributed by atoms with Crippen molar-refractivity contribution in [2.45, 2.75) is 0 Å². The Kier molecular flexibility index (Phi) is 4.56. The second-order valence-electron chi connectivity index (χ2n) is 3.07. The summed E-state index contributed by atoms with van der Waals surface area (Å²) in [5, 5.41) is 8.86. The van der Waals surface area contributed by atoms with Gasteiger partial charge in [0.2, 0.25) is 0 Å². The largest absolute Gasteiger partial charge is 0.477 e. The van der Waals surface area contributed by atoms with Gasteiger partial charge in [0.15, 0.2) is 0 Å². The van der Waals surface area contributed by atoms with E-state index in [1.807, 2.05) is 30.3 Å². The molecule has 2 rings (SSSR count). The molecule has 3 N–H and O–H groups in total. The molecule has 5 heteroatoms. The van der Waals surface area contributed by atoms with E-state index in [1.54, 1.807) is 6.07 Å². The second-order valence-corrected chi connectivity index (χ2v) is 4.12. The van der Waals surface area contributed by atoms with E-state index in [0.29, 0.717) is 5.69 Å². The average Bonchev–Trinajstić information content (AvgIpc) is 2.62. The summed E-state index contributed by atoms with van der Waals surface area (Å²) in [6.07, 6.45) is 0. The first-order valence-corrected chi connectivity index (χ1v) is 5.18. The van der Waals surface area contributed by atoms with Gasteiger partial charge in [-0.25, -0.2) is 4.79 Å². The van der Waals surface area contributed by atoms with Crippen LogP contribution in [0, 0.1) is 0 Å². The third-order valence-electron chi connectivity index (χ3n) is 2.01. The molecule has 0 saturated heterocycles. The van der Waals surface area contributed by atoms with Gasteiger partial charge in [-0.05, 0) is 11.6 Å². The zero-order valence-corrected chi connectivity index (χ0v) is 11.6. The van der Waals surface area contributed by atoms with Gasteiger partial charge >= 0.3 is 5.97 Å². The molecule has 0 aliphatic carbocycles. The Balaban J connectivity index is 0.00000128. The van der Waals surface area contributed by atoms with Gasteiger partial charge in [0.05, 0.1) is 5.69 Å². The number of nitrogen functional groups attached to an aromatic ring is 1. The standard InChI is InChI=1S/C11H9NO2S.Na/c12-8-6-9(15-10(8)11(13)14)7-4-2-1-3-5-7;/h1-6H,12H2,(H,13,14);. The molecule has 2 aromatic rings. The summed E-state index contributed by atoms with van der Waals surface area (Å²) >= 11 is 1.20. The molecule has 0 amide bonds. The Labute approximate surface area is 119 Å². The summed E-state index contributed by atoms with van der Waals surface area (Å²) in [6.45, 7) is 0. The predicted molar refractivity (Wildman–Crippen MR) is 66.9 cm³/mol. The van der Waals surface area contributed by atoms with Gasteiger partial charge in [0, 0.05) is 34.4 Å². The molecule has 0 spiro atoms. The molecule has 1 radical (unpaired) electrons. The van der Waals surface area contributed by atoms with Crippen molar-refractivity contribution in [3.05, 3.63) is 41.3 Å². The molecule has 0 saturated carbocycles. The average molecular weight is 242 g/mol. The number of anilines is 1. The minimum Gasteiger partial charge on any atom is -0.477 e. The molecule has 0 atom stereocenters. The zero-order valence-electron chi connectivity index (χ0n) is 8.81. The molecule has 16 heavy (non-hydrogen) atoms. The van der Waals surface area contributed by atoms with Gasteiger partial charge in [-0.1, -0.05) is 30.3 Å². The van der Waals surface area contributed by atoms with Crippen molar-refractivity contribution >= 4 is 52.6 Å². The monoisotopic (exact) mass is 242 g/mol. The number of carbonyl (C=O) groups is 1. The molecule has 1 heterocycles. The van der Waals surface area contributed by atoms with Crippen LogP contribution in [-0.2, 0) is 0 Å². The van der Waals surface area contributed by atoms with Crippen molar-refractivity contribution in [1.29, 1.82) is 0 Å². The number of carboxylic acid groups (broad SMARTS) is 1. The first kappa shape index (κ1) is 13.3. The van der Waals surface area contributed by atoms with Crippen molar-refractivity contribution in [2.24, 2.45) is 0 Å². The Bertz CT molecular complexity index is 496. The second kappa shape index (κ2) is 5.50. The molecular weight excluding hydrogens is 233 g/mol. The fourth-order valence-electron chi connectivity index (χ4n) is 1.32. The molecule has 0 bridgehead atoms. The maximum Gasteiger partial charge on any atom is 0.348 e. The van der Waals surface area contributed by atoms with Gasteiger partial charge in [0.25, 0.3) is 0 Å². The van der Waals surface area contributed by atoms with Crippen LogP contribution in [-0.4, -0.2) is 40.6 Å². The summed E-state index contributed by atoms with van der Waals surface area (Å²) in [4.78, 5) is 11.9. The summed E-state index contributed by atoms with van der Waals surface area (Å²) in [5.74, 6) is -0.973. The van der Waals surface area contributed by atoms with Crippen molar-refractivity contribution in [2.75, 3.05) is 5.73 Å². The molecule has 1 aromatic carbocycles. The predicted octanol–water partition coefficient (Wildman–Crippen LogP) is 2.31. The Morgan fingerprint density at radius 1 is 1.25 bits per heavy atom. The first-order chi connectivity index (χ1) is 7.18. The smallest absolute Gasteiger partial charge is 0.348 e. The topological polar surface area (TPSA) is 63.3 Å². The number of rotatable bonds is 2. The maximum absolute atomic E-state index is 10.8. The number of hydrogen-bond donors (Lipinski definition) is 2. The van der Waals surface area contributed by atoms with Gasteiger partial charge in [-0.15, -0.1) is 11.3 Å². The summed E-state index contributed by atoms with van der Waals surface area (Å²) in [7, 11) is 0.